The Morgan fingerprint density at radius 1 is 0.774 bits per heavy atom. The minimum Gasteiger partial charge on any atom is -0.395 e. The van der Waals surface area contributed by atoms with Crippen molar-refractivity contribution in [1.29, 1.82) is 0 Å². The van der Waals surface area contributed by atoms with E-state index in [1.54, 1.807) is 64.6 Å². The van der Waals surface area contributed by atoms with Gasteiger partial charge in [-0.05, 0) is 24.3 Å². The molecular formula is C36H42ClN9O6S. The topological polar surface area (TPSA) is 176 Å². The first-order chi connectivity index (χ1) is 25.6. The summed E-state index contributed by atoms with van der Waals surface area (Å²) in [7, 11) is 3.37. The summed E-state index contributed by atoms with van der Waals surface area (Å²) in [6.07, 6.45) is 4.94. The van der Waals surface area contributed by atoms with Gasteiger partial charge in [-0.1, -0.05) is 29.8 Å². The van der Waals surface area contributed by atoms with Crippen molar-refractivity contribution in [2.24, 2.45) is 14.1 Å². The Balaban J connectivity index is 1.08. The minimum absolute atomic E-state index is 0.00494. The lowest BCUT2D eigenvalue weighted by molar-refractivity contribution is 0.0383. The molecule has 1 aliphatic rings. The number of nitrogens with zero attached hydrogens (tertiary/aromatic N) is 4. The number of aryl methyl sites for hydroxylation is 2. The second-order valence-electron chi connectivity index (χ2n) is 12.5. The summed E-state index contributed by atoms with van der Waals surface area (Å²) >= 11 is 7.78. The number of nitrogens with one attached hydrogen (secondary N) is 5. The van der Waals surface area contributed by atoms with Gasteiger partial charge in [0.05, 0.1) is 41.9 Å². The third-order valence-corrected chi connectivity index (χ3v) is 10.4. The largest absolute Gasteiger partial charge is 0.395 e. The molecule has 0 bridgehead atoms. The van der Waals surface area contributed by atoms with Gasteiger partial charge >= 0.3 is 0 Å². The molecule has 5 heterocycles. The normalized spacial score (nSPS) is 13.3. The highest BCUT2D eigenvalue weighted by atomic mass is 35.5. The van der Waals surface area contributed by atoms with Gasteiger partial charge in [-0.3, -0.25) is 24.1 Å². The molecule has 1 aliphatic heterocycles. The van der Waals surface area contributed by atoms with Gasteiger partial charge in [0.15, 0.2) is 0 Å². The number of ether oxygens (including phenoxy) is 1. The maximum Gasteiger partial charge on any atom is 0.272 e. The van der Waals surface area contributed by atoms with Gasteiger partial charge in [0.25, 0.3) is 23.6 Å². The van der Waals surface area contributed by atoms with Gasteiger partial charge in [0.2, 0.25) is 0 Å². The molecule has 4 amide bonds. The number of carbonyl (C=O) groups is 4. The van der Waals surface area contributed by atoms with Crippen LogP contribution in [-0.2, 0) is 25.4 Å². The number of benzene rings is 1. The average Bonchev–Trinajstić information content (AvgIpc) is 3.91. The van der Waals surface area contributed by atoms with Crippen molar-refractivity contribution in [3.05, 3.63) is 88.0 Å². The molecule has 4 aromatic heterocycles. The Hall–Kier alpha value is -4.97. The van der Waals surface area contributed by atoms with Crippen LogP contribution in [0.4, 0.5) is 17.1 Å². The quantitative estimate of drug-likeness (QED) is 0.0880. The van der Waals surface area contributed by atoms with E-state index in [0.717, 1.165) is 23.2 Å². The summed E-state index contributed by atoms with van der Waals surface area (Å²) in [5, 5.41) is 24.9. The lowest BCUT2D eigenvalue weighted by atomic mass is 10.2. The van der Waals surface area contributed by atoms with Crippen molar-refractivity contribution >= 4 is 73.7 Å². The summed E-state index contributed by atoms with van der Waals surface area (Å²) < 4.78 is 11.2. The molecular weight excluding hydrogens is 722 g/mol. The van der Waals surface area contributed by atoms with Crippen molar-refractivity contribution in [3.8, 4) is 0 Å². The van der Waals surface area contributed by atoms with Crippen LogP contribution in [-0.4, -0.2) is 106 Å². The number of halogens is 1. The number of aromatic nitrogens is 3. The third kappa shape index (κ3) is 9.16. The monoisotopic (exact) mass is 763 g/mol. The minimum atomic E-state index is -0.443. The highest BCUT2D eigenvalue weighted by Crippen LogP contribution is 2.35. The molecule has 0 unspecified atom stereocenters. The highest BCUT2D eigenvalue weighted by molar-refractivity contribution is 7.21. The zero-order valence-electron chi connectivity index (χ0n) is 29.4. The van der Waals surface area contributed by atoms with Crippen molar-refractivity contribution in [1.82, 2.24) is 29.2 Å². The van der Waals surface area contributed by atoms with E-state index < -0.39 is 11.8 Å². The van der Waals surface area contributed by atoms with E-state index in [4.69, 9.17) is 21.4 Å². The van der Waals surface area contributed by atoms with Crippen LogP contribution in [0.3, 0.4) is 0 Å². The summed E-state index contributed by atoms with van der Waals surface area (Å²) in [6.45, 7) is 5.52. The molecule has 15 nitrogen and oxygen atoms in total. The van der Waals surface area contributed by atoms with Crippen LogP contribution in [0.2, 0.25) is 5.02 Å². The molecule has 0 aliphatic carbocycles. The number of thiophene rings is 1. The number of hydrogen-bond donors (Lipinski definition) is 6. The van der Waals surface area contributed by atoms with Gasteiger partial charge in [0, 0.05) is 88.6 Å². The first kappa shape index (κ1) is 37.8. The lowest BCUT2D eigenvalue weighted by Gasteiger charge is -2.26. The number of anilines is 3. The molecule has 53 heavy (non-hydrogen) atoms. The smallest absolute Gasteiger partial charge is 0.272 e. The van der Waals surface area contributed by atoms with E-state index in [-0.39, 0.29) is 29.8 Å². The third-order valence-electron chi connectivity index (χ3n) is 8.75. The SMILES string of the molecule is Cn1cc(NC(=O)c2sc3ccccc3c2Cl)cc1C(=O)Nc1cc(C(=O)Nc2cc(C(=O)NCCN3CCOCC3)n(CCNCCO)c2)n(C)c1. The van der Waals surface area contributed by atoms with Crippen LogP contribution in [0.25, 0.3) is 10.1 Å². The van der Waals surface area contributed by atoms with Crippen LogP contribution in [0.1, 0.15) is 41.1 Å². The molecule has 0 atom stereocenters. The van der Waals surface area contributed by atoms with Gasteiger partial charge in [-0.15, -0.1) is 11.3 Å². The molecule has 0 spiro atoms. The van der Waals surface area contributed by atoms with E-state index in [2.05, 4.69) is 31.5 Å². The van der Waals surface area contributed by atoms with Gasteiger partial charge < -0.3 is 50.1 Å². The summed E-state index contributed by atoms with van der Waals surface area (Å²) in [5.41, 5.74) is 2.18. The van der Waals surface area contributed by atoms with Crippen LogP contribution in [0, 0.1) is 0 Å². The standard InChI is InChI=1S/C36H42ClN9O6S/c1-43-20-23(40-34(49)28-18-24(21-44(28)2)42-36(51)32-31(37)26-5-3-4-6-30(26)53-32)17-27(43)35(50)41-25-19-29(46(22-25)11-7-38-9-14-47)33(48)39-8-10-45-12-15-52-16-13-45/h3-6,17-22,38,47H,7-16H2,1-2H3,(H,39,48)(H,40,49)(H,41,50)(H,42,51). The van der Waals surface area contributed by atoms with E-state index in [9.17, 15) is 19.2 Å². The summed E-state index contributed by atoms with van der Waals surface area (Å²) in [5.74, 6) is -1.53. The Labute approximate surface area is 314 Å². The zero-order valence-corrected chi connectivity index (χ0v) is 31.0. The Bertz CT molecular complexity index is 2110. The molecule has 0 saturated carbocycles. The van der Waals surface area contributed by atoms with Crippen molar-refractivity contribution in [3.63, 3.8) is 0 Å². The van der Waals surface area contributed by atoms with Crippen molar-refractivity contribution in [2.45, 2.75) is 6.54 Å². The summed E-state index contributed by atoms with van der Waals surface area (Å²) in [4.78, 5) is 55.6. The van der Waals surface area contributed by atoms with E-state index >= 15 is 0 Å². The maximum atomic E-state index is 13.4. The Morgan fingerprint density at radius 3 is 2.02 bits per heavy atom. The van der Waals surface area contributed by atoms with Crippen LogP contribution in [0.15, 0.2) is 61.1 Å². The van der Waals surface area contributed by atoms with Gasteiger partial charge in [-0.25, -0.2) is 0 Å². The number of fused-ring (bicyclic) bond motifs is 1. The molecule has 17 heteroatoms. The predicted octanol–water partition coefficient (Wildman–Crippen LogP) is 3.43. The second kappa shape index (κ2) is 17.2. The number of amides is 4. The number of morpholine rings is 1. The van der Waals surface area contributed by atoms with Gasteiger partial charge in [-0.2, -0.15) is 0 Å². The number of aliphatic hydroxyl groups is 1. The van der Waals surface area contributed by atoms with Crippen LogP contribution in [0.5, 0.6) is 0 Å². The zero-order chi connectivity index (χ0) is 37.5. The van der Waals surface area contributed by atoms with Crippen molar-refractivity contribution in [2.75, 3.05) is 75.0 Å². The molecule has 6 rings (SSSR count). The first-order valence-corrected chi connectivity index (χ1v) is 18.3. The Morgan fingerprint density at radius 2 is 1.38 bits per heavy atom. The first-order valence-electron chi connectivity index (χ1n) is 17.1. The van der Waals surface area contributed by atoms with Crippen LogP contribution < -0.4 is 26.6 Å². The van der Waals surface area contributed by atoms with E-state index in [1.807, 2.05) is 24.3 Å². The summed E-state index contributed by atoms with van der Waals surface area (Å²) in [6, 6.07) is 12.2. The molecule has 1 fully saturated rings. The van der Waals surface area contributed by atoms with E-state index in [0.29, 0.717) is 78.6 Å². The maximum absolute atomic E-state index is 13.4. The molecule has 1 aromatic carbocycles. The van der Waals surface area contributed by atoms with Gasteiger partial charge in [0.1, 0.15) is 22.0 Å². The predicted molar refractivity (Wildman–Crippen MR) is 206 cm³/mol. The number of rotatable bonds is 15. The molecule has 0 radical (unpaired) electrons. The number of hydrogen-bond acceptors (Lipinski definition) is 9. The fraction of sp³-hybridized carbons (Fsp3) is 0.333. The molecule has 6 N–H and O–H groups in total. The molecule has 280 valence electrons. The van der Waals surface area contributed by atoms with Crippen LogP contribution >= 0.6 is 22.9 Å². The molecule has 5 aromatic rings. The fourth-order valence-corrected chi connectivity index (χ4v) is 7.47. The van der Waals surface area contributed by atoms with Crippen molar-refractivity contribution < 1.29 is 29.0 Å². The fourth-order valence-electron chi connectivity index (χ4n) is 6.06. The number of aliphatic hydroxyl groups excluding tert-OH is 1. The average molecular weight is 764 g/mol. The lowest BCUT2D eigenvalue weighted by Crippen LogP contribution is -2.41. The Kier molecular flexibility index (Phi) is 12.3. The molecule has 1 saturated heterocycles. The highest BCUT2D eigenvalue weighted by Gasteiger charge is 2.22. The second-order valence-corrected chi connectivity index (χ2v) is 14.0. The van der Waals surface area contributed by atoms with E-state index in [1.165, 1.54) is 11.3 Å². The number of carbonyl (C=O) groups excluding carboxylic acids is 4.